The lowest BCUT2D eigenvalue weighted by atomic mass is 9.89. The molecule has 1 aromatic rings. The molecule has 1 N–H and O–H groups in total. The first-order valence-electron chi connectivity index (χ1n) is 8.32. The van der Waals surface area contributed by atoms with Gasteiger partial charge < -0.3 is 10.2 Å². The van der Waals surface area contributed by atoms with Crippen LogP contribution in [0.4, 0.5) is 0 Å². The number of hydrogen-bond donors (Lipinski definition) is 1. The minimum atomic E-state index is 0.112. The van der Waals surface area contributed by atoms with Crippen molar-refractivity contribution >= 4 is 0 Å². The minimum Gasteiger partial charge on any atom is -0.311 e. The maximum atomic E-state index is 4.63. The first-order chi connectivity index (χ1) is 9.86. The Morgan fingerprint density at radius 3 is 2.57 bits per heavy atom. The topological polar surface area (TPSA) is 33.1 Å². The van der Waals surface area contributed by atoms with E-state index in [4.69, 9.17) is 0 Å². The third-order valence-corrected chi connectivity index (χ3v) is 4.41. The fraction of sp³-hybridized carbons (Fsp3) is 0.824. The first-order valence-corrected chi connectivity index (χ1v) is 8.32. The average Bonchev–Trinajstić information content (AvgIpc) is 2.78. The smallest absolute Gasteiger partial charge is 0.0722 e. The van der Waals surface area contributed by atoms with Gasteiger partial charge in [-0.15, -0.1) is 0 Å². The molecule has 0 aromatic carbocycles. The lowest BCUT2D eigenvalue weighted by Crippen LogP contribution is -2.37. The molecule has 0 bridgehead atoms. The quantitative estimate of drug-likeness (QED) is 0.847. The molecule has 1 aromatic heterocycles. The van der Waals surface area contributed by atoms with E-state index in [0.717, 1.165) is 25.6 Å². The third kappa shape index (κ3) is 4.82. The molecule has 2 heterocycles. The molecule has 0 unspecified atom stereocenters. The molecule has 2 rings (SSSR count). The highest BCUT2D eigenvalue weighted by atomic mass is 15.3. The molecule has 1 aliphatic heterocycles. The van der Waals surface area contributed by atoms with Gasteiger partial charge >= 0.3 is 0 Å². The van der Waals surface area contributed by atoms with Crippen LogP contribution < -0.4 is 5.32 Å². The number of nitrogens with zero attached hydrogens (tertiary/aromatic N) is 3. The first kappa shape index (κ1) is 16.5. The van der Waals surface area contributed by atoms with Gasteiger partial charge in [-0.25, -0.2) is 0 Å². The van der Waals surface area contributed by atoms with Crippen LogP contribution in [0, 0.1) is 5.92 Å². The highest BCUT2D eigenvalue weighted by Crippen LogP contribution is 2.23. The molecule has 1 saturated heterocycles. The summed E-state index contributed by atoms with van der Waals surface area (Å²) in [5.74, 6) is 0.916. The van der Waals surface area contributed by atoms with Gasteiger partial charge in [0.25, 0.3) is 0 Å². The zero-order chi connectivity index (χ0) is 15.5. The van der Waals surface area contributed by atoms with Gasteiger partial charge in [-0.1, -0.05) is 27.7 Å². The maximum Gasteiger partial charge on any atom is 0.0722 e. The van der Waals surface area contributed by atoms with Gasteiger partial charge in [0.15, 0.2) is 0 Å². The van der Waals surface area contributed by atoms with Crippen LogP contribution in [0.25, 0.3) is 0 Å². The number of rotatable bonds is 5. The Hall–Kier alpha value is -0.870. The van der Waals surface area contributed by atoms with E-state index in [9.17, 15) is 0 Å². The molecule has 1 fully saturated rings. The van der Waals surface area contributed by atoms with Crippen molar-refractivity contribution in [2.45, 2.75) is 52.5 Å². The molecule has 21 heavy (non-hydrogen) atoms. The van der Waals surface area contributed by atoms with E-state index in [1.165, 1.54) is 37.2 Å². The van der Waals surface area contributed by atoms with Crippen molar-refractivity contribution in [1.29, 1.82) is 0 Å². The molecular formula is C17H32N4. The van der Waals surface area contributed by atoms with E-state index < -0.39 is 0 Å². The van der Waals surface area contributed by atoms with E-state index in [1.807, 2.05) is 11.7 Å². The number of aryl methyl sites for hydroxylation is 1. The standard InChI is InChI=1S/C17H32N4/c1-14-6-9-21(10-7-14)11-8-18-12-15-13-20(5)19-16(15)17(2,3)4/h13-14,18H,6-12H2,1-5H3. The molecule has 0 amide bonds. The van der Waals surface area contributed by atoms with Gasteiger partial charge in [-0.3, -0.25) is 4.68 Å². The van der Waals surface area contributed by atoms with Crippen LogP contribution in [0.3, 0.4) is 0 Å². The van der Waals surface area contributed by atoms with E-state index in [2.05, 4.69) is 49.2 Å². The zero-order valence-corrected chi connectivity index (χ0v) is 14.4. The van der Waals surface area contributed by atoms with Crippen molar-refractivity contribution in [2.75, 3.05) is 26.2 Å². The summed E-state index contributed by atoms with van der Waals surface area (Å²) < 4.78 is 1.93. The lowest BCUT2D eigenvalue weighted by Gasteiger charge is -2.30. The average molecular weight is 292 g/mol. The Labute approximate surface area is 129 Å². The zero-order valence-electron chi connectivity index (χ0n) is 14.4. The molecule has 0 saturated carbocycles. The molecule has 0 spiro atoms. The van der Waals surface area contributed by atoms with E-state index in [-0.39, 0.29) is 5.41 Å². The van der Waals surface area contributed by atoms with Gasteiger partial charge in [-0.2, -0.15) is 5.10 Å². The number of nitrogens with one attached hydrogen (secondary N) is 1. The van der Waals surface area contributed by atoms with Crippen LogP contribution in [0.1, 0.15) is 51.8 Å². The van der Waals surface area contributed by atoms with Crippen molar-refractivity contribution in [2.24, 2.45) is 13.0 Å². The highest BCUT2D eigenvalue weighted by molar-refractivity contribution is 5.23. The monoisotopic (exact) mass is 292 g/mol. The van der Waals surface area contributed by atoms with Crippen LogP contribution in [0.2, 0.25) is 0 Å². The summed E-state index contributed by atoms with van der Waals surface area (Å²) >= 11 is 0. The Kier molecular flexibility index (Phi) is 5.44. The maximum absolute atomic E-state index is 4.63. The van der Waals surface area contributed by atoms with Crippen LogP contribution >= 0.6 is 0 Å². The summed E-state index contributed by atoms with van der Waals surface area (Å²) in [4.78, 5) is 2.58. The molecule has 1 aliphatic rings. The van der Waals surface area contributed by atoms with Crippen LogP contribution in [0.5, 0.6) is 0 Å². The summed E-state index contributed by atoms with van der Waals surface area (Å²) in [6.45, 7) is 14.7. The largest absolute Gasteiger partial charge is 0.311 e. The normalized spacial score (nSPS) is 18.3. The van der Waals surface area contributed by atoms with Crippen LogP contribution in [-0.4, -0.2) is 40.9 Å². The van der Waals surface area contributed by atoms with Crippen molar-refractivity contribution in [3.8, 4) is 0 Å². The molecule has 0 aliphatic carbocycles. The summed E-state index contributed by atoms with van der Waals surface area (Å²) in [6.07, 6.45) is 4.86. The Balaban J connectivity index is 1.76. The number of aromatic nitrogens is 2. The summed E-state index contributed by atoms with van der Waals surface area (Å²) in [6, 6.07) is 0. The summed E-state index contributed by atoms with van der Waals surface area (Å²) in [5, 5.41) is 8.22. The van der Waals surface area contributed by atoms with Crippen molar-refractivity contribution < 1.29 is 0 Å². The number of hydrogen-bond acceptors (Lipinski definition) is 3. The molecular weight excluding hydrogens is 260 g/mol. The van der Waals surface area contributed by atoms with Crippen LogP contribution in [0.15, 0.2) is 6.20 Å². The van der Waals surface area contributed by atoms with E-state index in [0.29, 0.717) is 0 Å². The molecule has 4 heteroatoms. The molecule has 120 valence electrons. The van der Waals surface area contributed by atoms with Crippen molar-refractivity contribution in [3.05, 3.63) is 17.5 Å². The third-order valence-electron chi connectivity index (χ3n) is 4.41. The molecule has 0 radical (unpaired) electrons. The van der Waals surface area contributed by atoms with Gasteiger partial charge in [0.2, 0.25) is 0 Å². The lowest BCUT2D eigenvalue weighted by molar-refractivity contribution is 0.193. The second-order valence-corrected chi connectivity index (χ2v) is 7.63. The van der Waals surface area contributed by atoms with Gasteiger partial charge in [0.1, 0.15) is 0 Å². The second kappa shape index (κ2) is 6.93. The second-order valence-electron chi connectivity index (χ2n) is 7.63. The fourth-order valence-corrected chi connectivity index (χ4v) is 3.04. The molecule has 0 atom stereocenters. The Bertz CT molecular complexity index is 436. The van der Waals surface area contributed by atoms with Crippen molar-refractivity contribution in [3.63, 3.8) is 0 Å². The van der Waals surface area contributed by atoms with E-state index in [1.54, 1.807) is 0 Å². The highest BCUT2D eigenvalue weighted by Gasteiger charge is 2.21. The van der Waals surface area contributed by atoms with Crippen LogP contribution in [-0.2, 0) is 19.0 Å². The summed E-state index contributed by atoms with van der Waals surface area (Å²) in [5.41, 5.74) is 2.66. The van der Waals surface area contributed by atoms with Gasteiger partial charge in [0.05, 0.1) is 5.69 Å². The predicted octanol–water partition coefficient (Wildman–Crippen LogP) is 2.54. The van der Waals surface area contributed by atoms with Gasteiger partial charge in [-0.05, 0) is 31.8 Å². The summed E-state index contributed by atoms with van der Waals surface area (Å²) in [7, 11) is 2.01. The van der Waals surface area contributed by atoms with E-state index >= 15 is 0 Å². The predicted molar refractivity (Wildman–Crippen MR) is 88.5 cm³/mol. The SMILES string of the molecule is CC1CCN(CCNCc2cn(C)nc2C(C)(C)C)CC1. The Morgan fingerprint density at radius 2 is 1.95 bits per heavy atom. The fourth-order valence-electron chi connectivity index (χ4n) is 3.04. The minimum absolute atomic E-state index is 0.112. The number of piperidine rings is 1. The van der Waals surface area contributed by atoms with Gasteiger partial charge in [0, 0.05) is 43.9 Å². The molecule has 4 nitrogen and oxygen atoms in total. The Morgan fingerprint density at radius 1 is 1.29 bits per heavy atom. The van der Waals surface area contributed by atoms with Crippen molar-refractivity contribution in [1.82, 2.24) is 20.0 Å². The number of likely N-dealkylation sites (tertiary alicyclic amines) is 1.